The number of nitro groups is 1. The number of allylic oxidation sites excluding steroid dienone is 1. The number of rotatable bonds is 5. The molecule has 10 heteroatoms. The van der Waals surface area contributed by atoms with Gasteiger partial charge >= 0.3 is 0 Å². The zero-order valence-electron chi connectivity index (χ0n) is 15.5. The van der Waals surface area contributed by atoms with E-state index in [9.17, 15) is 14.9 Å². The highest BCUT2D eigenvalue weighted by molar-refractivity contribution is 7.80. The Bertz CT molecular complexity index is 1040. The van der Waals surface area contributed by atoms with Crippen molar-refractivity contribution >= 4 is 46.2 Å². The molecule has 0 bridgehead atoms. The molecule has 0 spiro atoms. The van der Waals surface area contributed by atoms with E-state index in [0.717, 1.165) is 0 Å². The Hall–Kier alpha value is -3.17. The van der Waals surface area contributed by atoms with Gasteiger partial charge in [-0.05, 0) is 43.4 Å². The summed E-state index contributed by atoms with van der Waals surface area (Å²) in [5.74, 6) is -0.0236. The first-order valence-electron chi connectivity index (χ1n) is 8.47. The second kappa shape index (κ2) is 8.46. The predicted octanol–water partition coefficient (Wildman–Crippen LogP) is 3.69. The number of carbonyl (C=O) groups is 1. The molecule has 150 valence electrons. The van der Waals surface area contributed by atoms with Gasteiger partial charge in [0.15, 0.2) is 5.11 Å². The van der Waals surface area contributed by atoms with Crippen LogP contribution in [-0.4, -0.2) is 23.1 Å². The van der Waals surface area contributed by atoms with E-state index < -0.39 is 16.9 Å². The van der Waals surface area contributed by atoms with Crippen molar-refractivity contribution in [2.45, 2.75) is 13.0 Å². The standard InChI is InChI=1S/C19H17ClN4O4S/c1-10-16(18(25)22-12-5-3-4-11(20)8-12)17(23-19(29)21-10)14-9-13(24(26)27)6-7-15(14)28-2/h3-9,17H,1-2H3,(H,22,25)(H2,21,23,29)/t17-/m1/s1. The molecule has 0 fully saturated rings. The average Bonchev–Trinajstić information content (AvgIpc) is 2.66. The van der Waals surface area contributed by atoms with Crippen LogP contribution in [0.3, 0.4) is 0 Å². The number of nitrogens with one attached hydrogen (secondary N) is 3. The largest absolute Gasteiger partial charge is 0.496 e. The SMILES string of the molecule is COc1ccc([N+](=O)[O-])cc1[C@H]1NC(=S)NC(C)=C1C(=O)Nc1cccc(Cl)c1. The van der Waals surface area contributed by atoms with Gasteiger partial charge in [0.1, 0.15) is 5.75 Å². The van der Waals surface area contributed by atoms with Crippen molar-refractivity contribution < 1.29 is 14.5 Å². The molecule has 8 nitrogen and oxygen atoms in total. The van der Waals surface area contributed by atoms with E-state index in [1.54, 1.807) is 31.2 Å². The van der Waals surface area contributed by atoms with Gasteiger partial charge in [-0.3, -0.25) is 14.9 Å². The quantitative estimate of drug-likeness (QED) is 0.376. The number of amides is 1. The minimum Gasteiger partial charge on any atom is -0.496 e. The fourth-order valence-electron chi connectivity index (χ4n) is 3.05. The summed E-state index contributed by atoms with van der Waals surface area (Å²) in [7, 11) is 1.45. The molecule has 1 aliphatic rings. The maximum Gasteiger partial charge on any atom is 0.270 e. The van der Waals surface area contributed by atoms with Crippen LogP contribution >= 0.6 is 23.8 Å². The summed E-state index contributed by atoms with van der Waals surface area (Å²) in [6.07, 6.45) is 0. The first kappa shape index (κ1) is 20.6. The summed E-state index contributed by atoms with van der Waals surface area (Å²) in [5.41, 5.74) is 1.64. The van der Waals surface area contributed by atoms with Gasteiger partial charge < -0.3 is 20.7 Å². The van der Waals surface area contributed by atoms with Crippen molar-refractivity contribution in [2.75, 3.05) is 12.4 Å². The molecule has 1 amide bonds. The number of ether oxygens (including phenoxy) is 1. The van der Waals surface area contributed by atoms with Crippen molar-refractivity contribution in [3.63, 3.8) is 0 Å². The lowest BCUT2D eigenvalue weighted by Gasteiger charge is -2.31. The van der Waals surface area contributed by atoms with E-state index in [0.29, 0.717) is 38.4 Å². The molecule has 0 unspecified atom stereocenters. The van der Waals surface area contributed by atoms with Crippen LogP contribution in [0, 0.1) is 10.1 Å². The van der Waals surface area contributed by atoms with Crippen LogP contribution in [0.5, 0.6) is 5.75 Å². The number of halogens is 1. The third-order valence-electron chi connectivity index (χ3n) is 4.33. The van der Waals surface area contributed by atoms with Gasteiger partial charge in [-0.2, -0.15) is 0 Å². The second-order valence-corrected chi connectivity index (χ2v) is 7.06. The molecule has 0 aliphatic carbocycles. The number of hydrogen-bond donors (Lipinski definition) is 3. The van der Waals surface area contributed by atoms with Gasteiger partial charge in [-0.1, -0.05) is 17.7 Å². The van der Waals surface area contributed by atoms with Gasteiger partial charge in [0.2, 0.25) is 0 Å². The fourth-order valence-corrected chi connectivity index (χ4v) is 3.51. The lowest BCUT2D eigenvalue weighted by atomic mass is 9.93. The summed E-state index contributed by atoms with van der Waals surface area (Å²) in [6.45, 7) is 1.71. The number of non-ortho nitro benzene ring substituents is 1. The molecule has 1 heterocycles. The van der Waals surface area contributed by atoms with Crippen molar-refractivity contribution in [1.29, 1.82) is 0 Å². The zero-order valence-corrected chi connectivity index (χ0v) is 17.1. The lowest BCUT2D eigenvalue weighted by Crippen LogP contribution is -2.45. The number of carbonyl (C=O) groups excluding carboxylic acids is 1. The molecule has 3 rings (SSSR count). The van der Waals surface area contributed by atoms with Crippen LogP contribution in [0.25, 0.3) is 0 Å². The Morgan fingerprint density at radius 2 is 2.07 bits per heavy atom. The minimum atomic E-state index is -0.752. The summed E-state index contributed by atoms with van der Waals surface area (Å²) in [5, 5.41) is 20.7. The van der Waals surface area contributed by atoms with Crippen molar-refractivity contribution in [3.8, 4) is 5.75 Å². The maximum atomic E-state index is 13.1. The summed E-state index contributed by atoms with van der Waals surface area (Å²) >= 11 is 11.2. The smallest absolute Gasteiger partial charge is 0.270 e. The van der Waals surface area contributed by atoms with Crippen molar-refractivity contribution in [3.05, 3.63) is 74.4 Å². The molecular formula is C19H17ClN4O4S. The maximum absolute atomic E-state index is 13.1. The number of nitrogens with zero attached hydrogens (tertiary/aromatic N) is 1. The van der Waals surface area contributed by atoms with Crippen LogP contribution in [0.4, 0.5) is 11.4 Å². The molecule has 29 heavy (non-hydrogen) atoms. The van der Waals surface area contributed by atoms with Gasteiger partial charge in [-0.15, -0.1) is 0 Å². The van der Waals surface area contributed by atoms with Gasteiger partial charge in [0.05, 0.1) is 23.6 Å². The average molecular weight is 433 g/mol. The third kappa shape index (κ3) is 4.47. The van der Waals surface area contributed by atoms with E-state index in [2.05, 4.69) is 16.0 Å². The Morgan fingerprint density at radius 1 is 1.31 bits per heavy atom. The molecular weight excluding hydrogens is 416 g/mol. The first-order valence-corrected chi connectivity index (χ1v) is 9.26. The zero-order chi connectivity index (χ0) is 21.1. The molecule has 1 atom stereocenters. The van der Waals surface area contributed by atoms with Gasteiger partial charge in [0, 0.05) is 34.1 Å². The van der Waals surface area contributed by atoms with Crippen LogP contribution in [0.2, 0.25) is 5.02 Å². The number of nitro benzene ring substituents is 1. The van der Waals surface area contributed by atoms with Gasteiger partial charge in [-0.25, -0.2) is 0 Å². The number of benzene rings is 2. The Balaban J connectivity index is 2.06. The topological polar surface area (TPSA) is 106 Å². The van der Waals surface area contributed by atoms with Gasteiger partial charge in [0.25, 0.3) is 11.6 Å². The number of hydrogen-bond acceptors (Lipinski definition) is 5. The lowest BCUT2D eigenvalue weighted by molar-refractivity contribution is -0.385. The highest BCUT2D eigenvalue weighted by atomic mass is 35.5. The summed E-state index contributed by atoms with van der Waals surface area (Å²) < 4.78 is 5.37. The third-order valence-corrected chi connectivity index (χ3v) is 4.79. The molecule has 1 aliphatic heterocycles. The highest BCUT2D eigenvalue weighted by Gasteiger charge is 2.33. The Kier molecular flexibility index (Phi) is 6.00. The van der Waals surface area contributed by atoms with Crippen molar-refractivity contribution in [1.82, 2.24) is 10.6 Å². The Labute approximate surface area is 177 Å². The molecule has 0 saturated carbocycles. The van der Waals surface area contributed by atoms with E-state index >= 15 is 0 Å². The number of methoxy groups -OCH3 is 1. The monoisotopic (exact) mass is 432 g/mol. The normalized spacial score (nSPS) is 16.0. The highest BCUT2D eigenvalue weighted by Crippen LogP contribution is 2.36. The van der Waals surface area contributed by atoms with Crippen LogP contribution in [0.1, 0.15) is 18.5 Å². The number of thiocarbonyl (C=S) groups is 1. The van der Waals surface area contributed by atoms with Crippen LogP contribution < -0.4 is 20.7 Å². The fraction of sp³-hybridized carbons (Fsp3) is 0.158. The van der Waals surface area contributed by atoms with E-state index in [1.165, 1.54) is 25.3 Å². The van der Waals surface area contributed by atoms with E-state index in [1.807, 2.05) is 0 Å². The Morgan fingerprint density at radius 3 is 2.72 bits per heavy atom. The van der Waals surface area contributed by atoms with Crippen LogP contribution in [-0.2, 0) is 4.79 Å². The molecule has 0 radical (unpaired) electrons. The first-order chi connectivity index (χ1) is 13.8. The molecule has 2 aromatic rings. The summed E-state index contributed by atoms with van der Waals surface area (Å²) in [6, 6.07) is 10.2. The van der Waals surface area contributed by atoms with Crippen molar-refractivity contribution in [2.24, 2.45) is 0 Å². The second-order valence-electron chi connectivity index (χ2n) is 6.22. The molecule has 0 saturated heterocycles. The van der Waals surface area contributed by atoms with E-state index in [4.69, 9.17) is 28.6 Å². The molecule has 3 N–H and O–H groups in total. The summed E-state index contributed by atoms with van der Waals surface area (Å²) in [4.78, 5) is 23.8. The predicted molar refractivity (Wildman–Crippen MR) is 114 cm³/mol. The van der Waals surface area contributed by atoms with Crippen LogP contribution in [0.15, 0.2) is 53.7 Å². The van der Waals surface area contributed by atoms with E-state index in [-0.39, 0.29) is 5.69 Å². The molecule has 0 aromatic heterocycles. The number of anilines is 1. The minimum absolute atomic E-state index is 0.126. The molecule has 2 aromatic carbocycles.